The lowest BCUT2D eigenvalue weighted by Gasteiger charge is -2.10. The van der Waals surface area contributed by atoms with Crippen LogP contribution in [0.25, 0.3) is 10.9 Å². The number of ether oxygens (including phenoxy) is 1. The van der Waals surface area contributed by atoms with Gasteiger partial charge in [0.1, 0.15) is 12.4 Å². The molecule has 3 rings (SSSR count). The summed E-state index contributed by atoms with van der Waals surface area (Å²) in [4.78, 5) is 11.5. The van der Waals surface area contributed by atoms with Gasteiger partial charge < -0.3 is 14.4 Å². The molecule has 0 unspecified atom stereocenters. The largest absolute Gasteiger partial charge is 0.489 e. The number of hydrogen-bond acceptors (Lipinski definition) is 2. The quantitative estimate of drug-likeness (QED) is 0.755. The third-order valence-electron chi connectivity index (χ3n) is 3.86. The van der Waals surface area contributed by atoms with Gasteiger partial charge in [-0.3, -0.25) is 0 Å². The van der Waals surface area contributed by atoms with Gasteiger partial charge in [0.25, 0.3) is 0 Å². The fourth-order valence-corrected chi connectivity index (χ4v) is 2.76. The Labute approximate surface area is 134 Å². The van der Waals surface area contributed by atoms with Crippen molar-refractivity contribution in [3.05, 3.63) is 65.9 Å². The summed E-state index contributed by atoms with van der Waals surface area (Å²) >= 11 is 0. The summed E-state index contributed by atoms with van der Waals surface area (Å²) in [6.07, 6.45) is 1.99. The van der Waals surface area contributed by atoms with Crippen LogP contribution in [-0.2, 0) is 6.61 Å². The van der Waals surface area contributed by atoms with E-state index in [2.05, 4.69) is 0 Å². The lowest BCUT2D eigenvalue weighted by Crippen LogP contribution is -2.04. The molecule has 0 spiro atoms. The number of para-hydroxylation sites is 2. The molecule has 0 atom stereocenters. The SMILES string of the molecule is CC(C)n1cc(COc2ccccc2)c2cccc(C(=O)O)c21. The van der Waals surface area contributed by atoms with E-state index >= 15 is 0 Å². The molecule has 0 aliphatic carbocycles. The number of fused-ring (bicyclic) bond motifs is 1. The molecule has 23 heavy (non-hydrogen) atoms. The minimum atomic E-state index is -0.911. The summed E-state index contributed by atoms with van der Waals surface area (Å²) in [5.74, 6) is -0.113. The van der Waals surface area contributed by atoms with Gasteiger partial charge in [0.05, 0.1) is 11.1 Å². The van der Waals surface area contributed by atoms with Crippen LogP contribution in [0.3, 0.4) is 0 Å². The number of aromatic nitrogens is 1. The van der Waals surface area contributed by atoms with Crippen LogP contribution >= 0.6 is 0 Å². The molecule has 0 aliphatic rings. The summed E-state index contributed by atoms with van der Waals surface area (Å²) in [6, 6.07) is 15.2. The third-order valence-corrected chi connectivity index (χ3v) is 3.86. The van der Waals surface area contributed by atoms with E-state index in [4.69, 9.17) is 4.74 Å². The highest BCUT2D eigenvalue weighted by Crippen LogP contribution is 2.28. The molecule has 118 valence electrons. The van der Waals surface area contributed by atoms with Crippen LogP contribution < -0.4 is 4.74 Å². The number of benzene rings is 2. The van der Waals surface area contributed by atoms with Crippen LogP contribution in [0.4, 0.5) is 0 Å². The van der Waals surface area contributed by atoms with Crippen molar-refractivity contribution in [1.29, 1.82) is 0 Å². The van der Waals surface area contributed by atoms with E-state index in [1.54, 1.807) is 12.1 Å². The van der Waals surface area contributed by atoms with Gasteiger partial charge in [-0.2, -0.15) is 0 Å². The van der Waals surface area contributed by atoms with Crippen LogP contribution in [0.1, 0.15) is 35.8 Å². The van der Waals surface area contributed by atoms with Gasteiger partial charge in [-0.1, -0.05) is 30.3 Å². The highest BCUT2D eigenvalue weighted by atomic mass is 16.5. The molecule has 0 aliphatic heterocycles. The molecule has 4 nitrogen and oxygen atoms in total. The molecule has 1 heterocycles. The van der Waals surface area contributed by atoms with Gasteiger partial charge in [0, 0.05) is 23.2 Å². The summed E-state index contributed by atoms with van der Waals surface area (Å²) in [5, 5.41) is 10.4. The fourth-order valence-electron chi connectivity index (χ4n) is 2.76. The van der Waals surface area contributed by atoms with Crippen LogP contribution in [0, 0.1) is 0 Å². The Balaban J connectivity index is 2.04. The summed E-state index contributed by atoms with van der Waals surface area (Å²) in [7, 11) is 0. The number of hydrogen-bond donors (Lipinski definition) is 1. The van der Waals surface area contributed by atoms with E-state index in [9.17, 15) is 9.90 Å². The van der Waals surface area contributed by atoms with Gasteiger partial charge in [-0.05, 0) is 32.0 Å². The fraction of sp³-hybridized carbons (Fsp3) is 0.211. The summed E-state index contributed by atoms with van der Waals surface area (Å²) < 4.78 is 7.84. The molecular formula is C19H19NO3. The van der Waals surface area contributed by atoms with Crippen molar-refractivity contribution in [2.75, 3.05) is 0 Å². The minimum Gasteiger partial charge on any atom is -0.489 e. The zero-order valence-electron chi connectivity index (χ0n) is 13.2. The van der Waals surface area contributed by atoms with Crippen LogP contribution in [-0.4, -0.2) is 15.6 Å². The van der Waals surface area contributed by atoms with E-state index in [1.165, 1.54) is 0 Å². The van der Waals surface area contributed by atoms with Gasteiger partial charge in [0.15, 0.2) is 0 Å². The van der Waals surface area contributed by atoms with E-state index in [1.807, 2.05) is 61.0 Å². The number of carbonyl (C=O) groups is 1. The topological polar surface area (TPSA) is 51.5 Å². The zero-order valence-corrected chi connectivity index (χ0v) is 13.2. The molecule has 0 bridgehead atoms. The Hall–Kier alpha value is -2.75. The predicted octanol–water partition coefficient (Wildman–Crippen LogP) is 4.50. The number of nitrogens with zero attached hydrogens (tertiary/aromatic N) is 1. The van der Waals surface area contributed by atoms with Crippen molar-refractivity contribution < 1.29 is 14.6 Å². The monoisotopic (exact) mass is 309 g/mol. The zero-order chi connectivity index (χ0) is 16.4. The highest BCUT2D eigenvalue weighted by Gasteiger charge is 2.17. The average molecular weight is 309 g/mol. The Morgan fingerprint density at radius 3 is 2.52 bits per heavy atom. The third kappa shape index (κ3) is 2.93. The number of carboxylic acids is 1. The first-order chi connectivity index (χ1) is 11.1. The molecule has 4 heteroatoms. The summed E-state index contributed by atoms with van der Waals surface area (Å²) in [6.45, 7) is 4.49. The van der Waals surface area contributed by atoms with E-state index in [0.717, 1.165) is 22.2 Å². The molecule has 0 saturated heterocycles. The van der Waals surface area contributed by atoms with Gasteiger partial charge >= 0.3 is 5.97 Å². The van der Waals surface area contributed by atoms with Crippen LogP contribution in [0.5, 0.6) is 5.75 Å². The van der Waals surface area contributed by atoms with Crippen molar-refractivity contribution in [3.63, 3.8) is 0 Å². The number of carboxylic acid groups (broad SMARTS) is 1. The normalized spacial score (nSPS) is 11.1. The molecule has 0 radical (unpaired) electrons. The minimum absolute atomic E-state index is 0.170. The Morgan fingerprint density at radius 2 is 1.87 bits per heavy atom. The van der Waals surface area contributed by atoms with Crippen LogP contribution in [0.2, 0.25) is 0 Å². The molecule has 0 saturated carbocycles. The van der Waals surface area contributed by atoms with Crippen LogP contribution in [0.15, 0.2) is 54.7 Å². The first-order valence-electron chi connectivity index (χ1n) is 7.61. The maximum Gasteiger partial charge on any atom is 0.337 e. The predicted molar refractivity (Wildman–Crippen MR) is 90.1 cm³/mol. The second kappa shape index (κ2) is 6.16. The van der Waals surface area contributed by atoms with E-state index < -0.39 is 5.97 Å². The number of rotatable bonds is 5. The molecule has 0 fully saturated rings. The molecule has 2 aromatic carbocycles. The highest BCUT2D eigenvalue weighted by molar-refractivity contribution is 6.03. The van der Waals surface area contributed by atoms with Crippen molar-refractivity contribution in [2.24, 2.45) is 0 Å². The molecule has 1 N–H and O–H groups in total. The van der Waals surface area contributed by atoms with Gasteiger partial charge in [-0.15, -0.1) is 0 Å². The maximum atomic E-state index is 11.5. The van der Waals surface area contributed by atoms with Gasteiger partial charge in [-0.25, -0.2) is 4.79 Å². The first-order valence-corrected chi connectivity index (χ1v) is 7.61. The lowest BCUT2D eigenvalue weighted by atomic mass is 10.1. The average Bonchev–Trinajstić information content (AvgIpc) is 2.93. The number of aromatic carboxylic acids is 1. The smallest absolute Gasteiger partial charge is 0.337 e. The van der Waals surface area contributed by atoms with Crippen molar-refractivity contribution in [1.82, 2.24) is 4.57 Å². The van der Waals surface area contributed by atoms with E-state index in [-0.39, 0.29) is 6.04 Å². The molecule has 1 aromatic heterocycles. The summed E-state index contributed by atoms with van der Waals surface area (Å²) in [5.41, 5.74) is 2.06. The first kappa shape index (κ1) is 15.2. The van der Waals surface area contributed by atoms with Crippen molar-refractivity contribution in [2.45, 2.75) is 26.5 Å². The second-order valence-electron chi connectivity index (χ2n) is 5.76. The van der Waals surface area contributed by atoms with Crippen molar-refractivity contribution in [3.8, 4) is 5.75 Å². The Kier molecular flexibility index (Phi) is 4.06. The Morgan fingerprint density at radius 1 is 1.13 bits per heavy atom. The Bertz CT molecular complexity index is 834. The van der Waals surface area contributed by atoms with E-state index in [0.29, 0.717) is 12.2 Å². The second-order valence-corrected chi connectivity index (χ2v) is 5.76. The lowest BCUT2D eigenvalue weighted by molar-refractivity contribution is 0.0698. The molecular weight excluding hydrogens is 290 g/mol. The standard InChI is InChI=1S/C19H19NO3/c1-13(2)20-11-14(12-23-15-7-4-3-5-8-15)16-9-6-10-17(18(16)20)19(21)22/h3-11,13H,12H2,1-2H3,(H,21,22). The molecule has 3 aromatic rings. The maximum absolute atomic E-state index is 11.5. The molecule has 0 amide bonds. The van der Waals surface area contributed by atoms with Crippen molar-refractivity contribution >= 4 is 16.9 Å². The van der Waals surface area contributed by atoms with Gasteiger partial charge in [0.2, 0.25) is 0 Å².